The van der Waals surface area contributed by atoms with E-state index in [1.807, 2.05) is 20.8 Å². The molecule has 0 amide bonds. The van der Waals surface area contributed by atoms with Crippen LogP contribution in [0.5, 0.6) is 0 Å². The minimum atomic E-state index is -1.04. The minimum Gasteiger partial charge on any atom is -0.477 e. The van der Waals surface area contributed by atoms with Crippen LogP contribution in [0.3, 0.4) is 0 Å². The topological polar surface area (TPSA) is 63.1 Å². The van der Waals surface area contributed by atoms with Crippen molar-refractivity contribution in [2.45, 2.75) is 26.2 Å². The Balaban J connectivity index is 3.28. The molecule has 0 fully saturated rings. The summed E-state index contributed by atoms with van der Waals surface area (Å²) in [5.74, 6) is -0.525. The first kappa shape index (κ1) is 11.1. The van der Waals surface area contributed by atoms with Crippen molar-refractivity contribution in [1.29, 1.82) is 0 Å². The van der Waals surface area contributed by atoms with Crippen molar-refractivity contribution < 1.29 is 9.90 Å². The highest BCUT2D eigenvalue weighted by Crippen LogP contribution is 2.20. The lowest BCUT2D eigenvalue weighted by atomic mass is 9.96. The van der Waals surface area contributed by atoms with Crippen LogP contribution in [0.15, 0.2) is 10.7 Å². The van der Waals surface area contributed by atoms with Gasteiger partial charge < -0.3 is 5.11 Å². The van der Waals surface area contributed by atoms with Crippen LogP contribution >= 0.6 is 15.9 Å². The summed E-state index contributed by atoms with van der Waals surface area (Å²) in [5.41, 5.74) is -0.245. The molecule has 76 valence electrons. The number of carbonyl (C=O) groups is 1. The van der Waals surface area contributed by atoms with E-state index in [0.29, 0.717) is 10.4 Å². The van der Waals surface area contributed by atoms with Crippen molar-refractivity contribution in [2.75, 3.05) is 0 Å². The summed E-state index contributed by atoms with van der Waals surface area (Å²) in [5, 5.41) is 8.79. The van der Waals surface area contributed by atoms with Crippen molar-refractivity contribution in [1.82, 2.24) is 9.97 Å². The molecular formula is C9H11BrN2O2. The van der Waals surface area contributed by atoms with Crippen LogP contribution in [-0.4, -0.2) is 21.0 Å². The van der Waals surface area contributed by atoms with Gasteiger partial charge in [0.05, 0.1) is 0 Å². The van der Waals surface area contributed by atoms with Gasteiger partial charge in [0.15, 0.2) is 5.69 Å². The Labute approximate surface area is 90.5 Å². The number of carboxylic acid groups (broad SMARTS) is 1. The van der Waals surface area contributed by atoms with Crippen LogP contribution in [0.2, 0.25) is 0 Å². The standard InChI is InChI=1S/C9H11BrN2O2/c1-9(2,3)8-11-5(7(13)14)4-6(10)12-8/h4H,1-3H3,(H,13,14). The molecule has 0 aliphatic heterocycles. The zero-order chi connectivity index (χ0) is 10.9. The van der Waals surface area contributed by atoms with Crippen LogP contribution in [-0.2, 0) is 5.41 Å². The maximum absolute atomic E-state index is 10.7. The molecule has 0 bridgehead atoms. The van der Waals surface area contributed by atoms with Gasteiger partial charge in [0, 0.05) is 11.5 Å². The summed E-state index contributed by atoms with van der Waals surface area (Å²) in [7, 11) is 0. The van der Waals surface area contributed by atoms with Crippen LogP contribution in [0, 0.1) is 0 Å². The van der Waals surface area contributed by atoms with Crippen LogP contribution in [0.25, 0.3) is 0 Å². The Morgan fingerprint density at radius 1 is 1.43 bits per heavy atom. The van der Waals surface area contributed by atoms with Crippen molar-refractivity contribution in [2.24, 2.45) is 0 Å². The van der Waals surface area contributed by atoms with Gasteiger partial charge >= 0.3 is 5.97 Å². The van der Waals surface area contributed by atoms with Crippen molar-refractivity contribution in [3.05, 3.63) is 22.2 Å². The number of nitrogens with zero attached hydrogens (tertiary/aromatic N) is 2. The average Bonchev–Trinajstić information content (AvgIpc) is 2.01. The van der Waals surface area contributed by atoms with Crippen LogP contribution in [0.1, 0.15) is 37.1 Å². The lowest BCUT2D eigenvalue weighted by molar-refractivity contribution is 0.0689. The molecule has 0 aliphatic rings. The first-order valence-corrected chi connectivity index (χ1v) is 4.88. The van der Waals surface area contributed by atoms with Gasteiger partial charge in [0.25, 0.3) is 0 Å². The number of aromatic carboxylic acids is 1. The highest BCUT2D eigenvalue weighted by Gasteiger charge is 2.20. The molecule has 1 aromatic rings. The average molecular weight is 259 g/mol. The summed E-state index contributed by atoms with van der Waals surface area (Å²) < 4.78 is 0.495. The van der Waals surface area contributed by atoms with Crippen LogP contribution < -0.4 is 0 Å². The van der Waals surface area contributed by atoms with Gasteiger partial charge in [-0.2, -0.15) is 0 Å². The first-order valence-electron chi connectivity index (χ1n) is 4.09. The molecule has 4 nitrogen and oxygen atoms in total. The minimum absolute atomic E-state index is 0.0109. The number of rotatable bonds is 1. The third-order valence-electron chi connectivity index (χ3n) is 1.58. The molecule has 0 aromatic carbocycles. The maximum Gasteiger partial charge on any atom is 0.354 e. The molecule has 0 spiro atoms. The quantitative estimate of drug-likeness (QED) is 0.785. The lowest BCUT2D eigenvalue weighted by Gasteiger charge is -2.16. The maximum atomic E-state index is 10.7. The molecule has 1 aromatic heterocycles. The second kappa shape index (κ2) is 3.65. The molecule has 1 rings (SSSR count). The number of aromatic nitrogens is 2. The molecule has 0 unspecified atom stereocenters. The second-order valence-corrected chi connectivity index (χ2v) is 4.77. The molecular weight excluding hydrogens is 248 g/mol. The van der Waals surface area contributed by atoms with Crippen LogP contribution in [0.4, 0.5) is 0 Å². The summed E-state index contributed by atoms with van der Waals surface area (Å²) >= 11 is 3.16. The van der Waals surface area contributed by atoms with Crippen molar-refractivity contribution in [3.8, 4) is 0 Å². The SMILES string of the molecule is CC(C)(C)c1nc(Br)cc(C(=O)O)n1. The fourth-order valence-corrected chi connectivity index (χ4v) is 1.25. The molecule has 0 saturated heterocycles. The van der Waals surface area contributed by atoms with Gasteiger partial charge in [0.1, 0.15) is 10.4 Å². The van der Waals surface area contributed by atoms with E-state index >= 15 is 0 Å². The van der Waals surface area contributed by atoms with Crippen molar-refractivity contribution in [3.63, 3.8) is 0 Å². The number of carboxylic acids is 1. The van der Waals surface area contributed by atoms with Gasteiger partial charge in [0.2, 0.25) is 0 Å². The summed E-state index contributed by atoms with van der Waals surface area (Å²) in [6, 6.07) is 1.39. The van der Waals surface area contributed by atoms with Gasteiger partial charge in [-0.1, -0.05) is 20.8 Å². The molecule has 0 saturated carbocycles. The number of halogens is 1. The lowest BCUT2D eigenvalue weighted by Crippen LogP contribution is -2.18. The van der Waals surface area contributed by atoms with Gasteiger partial charge in [-0.25, -0.2) is 14.8 Å². The first-order chi connectivity index (χ1) is 6.30. The zero-order valence-corrected chi connectivity index (χ0v) is 9.79. The normalized spacial score (nSPS) is 11.4. The Bertz CT molecular complexity index is 372. The van der Waals surface area contributed by atoms with Crippen molar-refractivity contribution >= 4 is 21.9 Å². The smallest absolute Gasteiger partial charge is 0.354 e. The fourth-order valence-electron chi connectivity index (χ4n) is 0.863. The Morgan fingerprint density at radius 3 is 2.43 bits per heavy atom. The van der Waals surface area contributed by atoms with Gasteiger partial charge in [-0.15, -0.1) is 0 Å². The molecule has 0 atom stereocenters. The zero-order valence-electron chi connectivity index (χ0n) is 8.21. The third-order valence-corrected chi connectivity index (χ3v) is 1.99. The monoisotopic (exact) mass is 258 g/mol. The molecule has 1 N–H and O–H groups in total. The Hall–Kier alpha value is -0.970. The molecule has 0 aliphatic carbocycles. The van der Waals surface area contributed by atoms with E-state index < -0.39 is 5.97 Å². The summed E-state index contributed by atoms with van der Waals surface area (Å²) in [4.78, 5) is 18.8. The van der Waals surface area contributed by atoms with E-state index in [0.717, 1.165) is 0 Å². The largest absolute Gasteiger partial charge is 0.477 e. The summed E-state index contributed by atoms with van der Waals surface area (Å²) in [6.07, 6.45) is 0. The van der Waals surface area contributed by atoms with E-state index in [4.69, 9.17) is 5.11 Å². The predicted octanol–water partition coefficient (Wildman–Crippen LogP) is 2.23. The van der Waals surface area contributed by atoms with Gasteiger partial charge in [-0.3, -0.25) is 0 Å². The number of hydrogen-bond acceptors (Lipinski definition) is 3. The molecule has 1 heterocycles. The fraction of sp³-hybridized carbons (Fsp3) is 0.444. The third kappa shape index (κ3) is 2.51. The van der Waals surface area contributed by atoms with E-state index in [1.54, 1.807) is 0 Å². The second-order valence-electron chi connectivity index (χ2n) is 3.95. The summed E-state index contributed by atoms with van der Waals surface area (Å²) in [6.45, 7) is 5.79. The Kier molecular flexibility index (Phi) is 2.89. The van der Waals surface area contributed by atoms with E-state index in [9.17, 15) is 4.79 Å². The van der Waals surface area contributed by atoms with E-state index in [2.05, 4.69) is 25.9 Å². The number of hydrogen-bond donors (Lipinski definition) is 1. The molecule has 5 heteroatoms. The van der Waals surface area contributed by atoms with E-state index in [-0.39, 0.29) is 11.1 Å². The highest BCUT2D eigenvalue weighted by atomic mass is 79.9. The molecule has 0 radical (unpaired) electrons. The van der Waals surface area contributed by atoms with Gasteiger partial charge in [-0.05, 0) is 15.9 Å². The highest BCUT2D eigenvalue weighted by molar-refractivity contribution is 9.10. The molecule has 14 heavy (non-hydrogen) atoms. The Morgan fingerprint density at radius 2 is 2.00 bits per heavy atom. The van der Waals surface area contributed by atoms with E-state index in [1.165, 1.54) is 6.07 Å². The predicted molar refractivity (Wildman–Crippen MR) is 55.4 cm³/mol.